The van der Waals surface area contributed by atoms with Gasteiger partial charge in [0.2, 0.25) is 5.91 Å². The molecule has 1 aromatic rings. The fourth-order valence-electron chi connectivity index (χ4n) is 2.77. The van der Waals surface area contributed by atoms with Gasteiger partial charge in [-0.25, -0.2) is 0 Å². The quantitative estimate of drug-likeness (QED) is 0.756. The van der Waals surface area contributed by atoms with Crippen LogP contribution in [-0.4, -0.2) is 32.7 Å². The molecular formula is C17H27ClN2O2. The largest absolute Gasteiger partial charge is 0.383 e. The Bertz CT molecular complexity index is 480. The third kappa shape index (κ3) is 5.59. The van der Waals surface area contributed by atoms with Gasteiger partial charge >= 0.3 is 0 Å². The molecule has 0 fully saturated rings. The molecule has 5 heteroatoms. The zero-order chi connectivity index (χ0) is 15.1. The second kappa shape index (κ2) is 9.82. The Kier molecular flexibility index (Phi) is 8.46. The van der Waals surface area contributed by atoms with E-state index in [2.05, 4.69) is 28.8 Å². The topological polar surface area (TPSA) is 50.4 Å². The Balaban J connectivity index is 0.00000242. The fraction of sp³-hybridized carbons (Fsp3) is 0.588. The molecule has 1 aliphatic rings. The lowest BCUT2D eigenvalue weighted by atomic mass is 9.89. The molecule has 4 nitrogen and oxygen atoms in total. The van der Waals surface area contributed by atoms with Crippen molar-refractivity contribution in [3.05, 3.63) is 34.9 Å². The van der Waals surface area contributed by atoms with Gasteiger partial charge in [0.25, 0.3) is 0 Å². The van der Waals surface area contributed by atoms with Crippen LogP contribution in [0.2, 0.25) is 0 Å². The van der Waals surface area contributed by atoms with Crippen molar-refractivity contribution >= 4 is 18.3 Å². The van der Waals surface area contributed by atoms with Crippen molar-refractivity contribution in [3.8, 4) is 0 Å². The summed E-state index contributed by atoms with van der Waals surface area (Å²) in [6.45, 7) is 3.68. The van der Waals surface area contributed by atoms with Crippen molar-refractivity contribution in [3.63, 3.8) is 0 Å². The fourth-order valence-corrected chi connectivity index (χ4v) is 2.77. The number of aryl methyl sites for hydroxylation is 2. The summed E-state index contributed by atoms with van der Waals surface area (Å²) in [6, 6.07) is 6.68. The van der Waals surface area contributed by atoms with Crippen molar-refractivity contribution in [1.29, 1.82) is 0 Å². The van der Waals surface area contributed by atoms with Gasteiger partial charge in [-0.15, -0.1) is 12.4 Å². The van der Waals surface area contributed by atoms with E-state index in [0.717, 1.165) is 0 Å². The minimum atomic E-state index is 0. The van der Waals surface area contributed by atoms with Gasteiger partial charge in [-0.05, 0) is 49.3 Å². The molecule has 1 atom stereocenters. The second-order valence-corrected chi connectivity index (χ2v) is 5.69. The molecule has 2 N–H and O–H groups in total. The van der Waals surface area contributed by atoms with E-state index >= 15 is 0 Å². The van der Waals surface area contributed by atoms with Gasteiger partial charge in [-0.3, -0.25) is 4.79 Å². The van der Waals surface area contributed by atoms with Crippen LogP contribution in [0.4, 0.5) is 0 Å². The van der Waals surface area contributed by atoms with Crippen LogP contribution in [0, 0.1) is 0 Å². The minimum Gasteiger partial charge on any atom is -0.383 e. The summed E-state index contributed by atoms with van der Waals surface area (Å²) in [5.74, 6) is 0.0244. The van der Waals surface area contributed by atoms with Crippen molar-refractivity contribution in [2.24, 2.45) is 0 Å². The Hall–Kier alpha value is -1.10. The molecule has 0 saturated heterocycles. The van der Waals surface area contributed by atoms with Crippen molar-refractivity contribution in [2.75, 3.05) is 26.8 Å². The maximum Gasteiger partial charge on any atom is 0.234 e. The number of amides is 1. The number of nitrogens with one attached hydrogen (secondary N) is 2. The monoisotopic (exact) mass is 326 g/mol. The summed E-state index contributed by atoms with van der Waals surface area (Å²) in [4.78, 5) is 11.9. The van der Waals surface area contributed by atoms with Crippen LogP contribution in [-0.2, 0) is 22.4 Å². The summed E-state index contributed by atoms with van der Waals surface area (Å²) >= 11 is 0. The van der Waals surface area contributed by atoms with E-state index in [1.807, 2.05) is 6.92 Å². The number of hydrogen-bond acceptors (Lipinski definition) is 3. The molecule has 1 amide bonds. The molecule has 1 aliphatic carbocycles. The van der Waals surface area contributed by atoms with Crippen LogP contribution in [0.5, 0.6) is 0 Å². The number of benzene rings is 1. The number of fused-ring (bicyclic) bond motifs is 1. The lowest BCUT2D eigenvalue weighted by Crippen LogP contribution is -2.36. The number of halogens is 1. The average molecular weight is 327 g/mol. The number of carbonyl (C=O) groups is 1. The van der Waals surface area contributed by atoms with E-state index in [0.29, 0.717) is 19.7 Å². The van der Waals surface area contributed by atoms with Crippen molar-refractivity contribution in [2.45, 2.75) is 38.6 Å². The molecule has 0 saturated carbocycles. The Labute approximate surface area is 139 Å². The van der Waals surface area contributed by atoms with Gasteiger partial charge in [0.15, 0.2) is 0 Å². The zero-order valence-corrected chi connectivity index (χ0v) is 14.3. The van der Waals surface area contributed by atoms with Gasteiger partial charge in [0.05, 0.1) is 19.2 Å². The van der Waals surface area contributed by atoms with Crippen molar-refractivity contribution < 1.29 is 9.53 Å². The standard InChI is InChI=1S/C17H26N2O2.ClH/c1-13(19-17(20)12-18-9-10-21-2)15-8-7-14-5-3-4-6-16(14)11-15;/h7-8,11,13,18H,3-6,9-10,12H2,1-2H3,(H,19,20);1H. The van der Waals surface area contributed by atoms with E-state index in [9.17, 15) is 4.79 Å². The van der Waals surface area contributed by atoms with Gasteiger partial charge in [-0.1, -0.05) is 18.2 Å². The number of methoxy groups -OCH3 is 1. The molecule has 0 aromatic heterocycles. The van der Waals surface area contributed by atoms with Crippen molar-refractivity contribution in [1.82, 2.24) is 10.6 Å². The number of ether oxygens (including phenoxy) is 1. The van der Waals surface area contributed by atoms with Crippen LogP contribution in [0.3, 0.4) is 0 Å². The molecule has 0 heterocycles. The highest BCUT2D eigenvalue weighted by molar-refractivity contribution is 5.85. The van der Waals surface area contributed by atoms with Crippen LogP contribution < -0.4 is 10.6 Å². The van der Waals surface area contributed by atoms with Crippen LogP contribution >= 0.6 is 12.4 Å². The first-order valence-corrected chi connectivity index (χ1v) is 7.81. The first-order valence-electron chi connectivity index (χ1n) is 7.81. The summed E-state index contributed by atoms with van der Waals surface area (Å²) in [5.41, 5.74) is 4.13. The molecule has 0 spiro atoms. The van der Waals surface area contributed by atoms with Crippen LogP contribution in [0.25, 0.3) is 0 Å². The molecule has 1 aromatic carbocycles. The molecular weight excluding hydrogens is 300 g/mol. The van der Waals surface area contributed by atoms with Gasteiger partial charge in [0, 0.05) is 13.7 Å². The first kappa shape index (κ1) is 18.9. The molecule has 2 rings (SSSR count). The highest BCUT2D eigenvalue weighted by Crippen LogP contribution is 2.24. The first-order chi connectivity index (χ1) is 10.2. The minimum absolute atomic E-state index is 0. The lowest BCUT2D eigenvalue weighted by Gasteiger charge is -2.20. The van der Waals surface area contributed by atoms with Crippen LogP contribution in [0.15, 0.2) is 18.2 Å². The van der Waals surface area contributed by atoms with E-state index in [1.165, 1.54) is 42.4 Å². The zero-order valence-electron chi connectivity index (χ0n) is 13.5. The summed E-state index contributed by atoms with van der Waals surface area (Å²) in [6.07, 6.45) is 4.94. The molecule has 1 unspecified atom stereocenters. The highest BCUT2D eigenvalue weighted by atomic mass is 35.5. The predicted molar refractivity (Wildman–Crippen MR) is 91.6 cm³/mol. The van der Waals surface area contributed by atoms with E-state index in [1.54, 1.807) is 7.11 Å². The maximum absolute atomic E-state index is 11.9. The Morgan fingerprint density at radius 2 is 2.00 bits per heavy atom. The number of hydrogen-bond donors (Lipinski definition) is 2. The van der Waals surface area contributed by atoms with E-state index < -0.39 is 0 Å². The summed E-state index contributed by atoms with van der Waals surface area (Å²) in [7, 11) is 1.65. The average Bonchev–Trinajstić information content (AvgIpc) is 2.51. The molecule has 22 heavy (non-hydrogen) atoms. The Morgan fingerprint density at radius 3 is 2.73 bits per heavy atom. The molecule has 0 aliphatic heterocycles. The van der Waals surface area contributed by atoms with Crippen LogP contribution in [0.1, 0.15) is 42.5 Å². The smallest absolute Gasteiger partial charge is 0.234 e. The number of rotatable bonds is 7. The molecule has 0 radical (unpaired) electrons. The second-order valence-electron chi connectivity index (χ2n) is 5.69. The number of carbonyl (C=O) groups excluding carboxylic acids is 1. The van der Waals surface area contributed by atoms with Gasteiger partial charge < -0.3 is 15.4 Å². The van der Waals surface area contributed by atoms with Gasteiger partial charge in [0.1, 0.15) is 0 Å². The predicted octanol–water partition coefficient (Wildman–Crippen LogP) is 2.40. The Morgan fingerprint density at radius 1 is 1.27 bits per heavy atom. The molecule has 124 valence electrons. The summed E-state index contributed by atoms with van der Waals surface area (Å²) < 4.78 is 4.93. The third-order valence-corrected chi connectivity index (χ3v) is 4.02. The SMILES string of the molecule is COCCNCC(=O)NC(C)c1ccc2c(c1)CCCC2.Cl. The lowest BCUT2D eigenvalue weighted by molar-refractivity contribution is -0.120. The third-order valence-electron chi connectivity index (χ3n) is 4.02. The van der Waals surface area contributed by atoms with E-state index in [4.69, 9.17) is 4.74 Å². The van der Waals surface area contributed by atoms with E-state index in [-0.39, 0.29) is 24.4 Å². The molecule has 0 bridgehead atoms. The highest BCUT2D eigenvalue weighted by Gasteiger charge is 2.13. The maximum atomic E-state index is 11.9. The normalized spacial score (nSPS) is 14.6. The van der Waals surface area contributed by atoms with Gasteiger partial charge in [-0.2, -0.15) is 0 Å². The summed E-state index contributed by atoms with van der Waals surface area (Å²) in [5, 5.41) is 6.09.